The van der Waals surface area contributed by atoms with Gasteiger partial charge in [-0.05, 0) is 73.2 Å². The number of nitrogens with zero attached hydrogens (tertiary/aromatic N) is 5. The number of rotatable bonds is 9. The molecule has 10 heteroatoms. The first kappa shape index (κ1) is 28.1. The highest BCUT2D eigenvalue weighted by Gasteiger charge is 2.53. The lowest BCUT2D eigenvalue weighted by Gasteiger charge is -2.42. The van der Waals surface area contributed by atoms with Crippen LogP contribution in [-0.4, -0.2) is 46.2 Å². The van der Waals surface area contributed by atoms with Gasteiger partial charge >= 0.3 is 0 Å². The molecule has 2 aliphatic heterocycles. The number of pyridine rings is 1. The van der Waals surface area contributed by atoms with Gasteiger partial charge in [-0.3, -0.25) is 14.2 Å². The molecule has 1 saturated carbocycles. The summed E-state index contributed by atoms with van der Waals surface area (Å²) in [6, 6.07) is 19.2. The number of carbonyl (C=O) groups excluding carboxylic acids is 1. The number of fused-ring (bicyclic) bond motifs is 2. The van der Waals surface area contributed by atoms with Crippen LogP contribution in [0.2, 0.25) is 0 Å². The van der Waals surface area contributed by atoms with Gasteiger partial charge in [0.1, 0.15) is 46.8 Å². The van der Waals surface area contributed by atoms with Gasteiger partial charge in [-0.25, -0.2) is 9.97 Å². The molecule has 1 saturated heterocycles. The van der Waals surface area contributed by atoms with E-state index in [1.54, 1.807) is 26.5 Å². The van der Waals surface area contributed by atoms with Crippen LogP contribution in [0.4, 0.5) is 11.5 Å². The maximum atomic E-state index is 14.9. The fourth-order valence-corrected chi connectivity index (χ4v) is 6.73. The Labute approximate surface area is 255 Å². The lowest BCUT2D eigenvalue weighted by molar-refractivity contribution is 0.00842. The number of benzene rings is 2. The number of methoxy groups -OCH3 is 2. The third-order valence-electron chi connectivity index (χ3n) is 9.05. The number of carbonyl (C=O) groups is 1. The monoisotopic (exact) mass is 593 g/mol. The summed E-state index contributed by atoms with van der Waals surface area (Å²) in [6.45, 7) is 1.29. The Bertz CT molecular complexity index is 1710. The van der Waals surface area contributed by atoms with Crippen LogP contribution in [0.3, 0.4) is 0 Å². The molecule has 3 aliphatic rings. The molecule has 0 bridgehead atoms. The highest BCUT2D eigenvalue weighted by molar-refractivity contribution is 5.97. The third kappa shape index (κ3) is 4.89. The SMILES string of the molecule is COc1ccc(CN(c2ccncn2)c2cc(C3CO3)c3n(c2=O)C2(CCCCC2)N(Cc2ccc(OC)cc2)C3=O)cc1. The molecule has 4 heterocycles. The van der Waals surface area contributed by atoms with Crippen molar-refractivity contribution >= 4 is 17.4 Å². The molecule has 10 nitrogen and oxygen atoms in total. The molecule has 1 spiro atoms. The van der Waals surface area contributed by atoms with Gasteiger partial charge in [0.05, 0.1) is 20.8 Å². The molecule has 1 unspecified atom stereocenters. The minimum Gasteiger partial charge on any atom is -0.497 e. The minimum absolute atomic E-state index is 0.124. The van der Waals surface area contributed by atoms with Gasteiger partial charge in [-0.15, -0.1) is 0 Å². The molecule has 2 aromatic heterocycles. The molecule has 226 valence electrons. The number of hydrogen-bond donors (Lipinski definition) is 0. The fourth-order valence-electron chi connectivity index (χ4n) is 6.73. The van der Waals surface area contributed by atoms with E-state index in [4.69, 9.17) is 14.2 Å². The van der Waals surface area contributed by atoms with Crippen LogP contribution in [0.1, 0.15) is 65.4 Å². The van der Waals surface area contributed by atoms with E-state index in [0.29, 0.717) is 49.7 Å². The third-order valence-corrected chi connectivity index (χ3v) is 9.05. The molecule has 44 heavy (non-hydrogen) atoms. The summed E-state index contributed by atoms with van der Waals surface area (Å²) in [4.78, 5) is 41.8. The lowest BCUT2D eigenvalue weighted by Crippen LogP contribution is -2.51. The predicted octanol–water partition coefficient (Wildman–Crippen LogP) is 5.34. The Hall–Kier alpha value is -4.70. The van der Waals surface area contributed by atoms with E-state index in [1.807, 2.05) is 69.0 Å². The van der Waals surface area contributed by atoms with E-state index in [2.05, 4.69) is 9.97 Å². The molecule has 2 fully saturated rings. The van der Waals surface area contributed by atoms with Crippen molar-refractivity contribution in [3.8, 4) is 11.5 Å². The van der Waals surface area contributed by atoms with E-state index in [-0.39, 0.29) is 17.6 Å². The average molecular weight is 594 g/mol. The topological polar surface area (TPSA) is 102 Å². The molecular weight excluding hydrogens is 558 g/mol. The molecule has 1 aliphatic carbocycles. The van der Waals surface area contributed by atoms with E-state index in [9.17, 15) is 9.59 Å². The first-order valence-corrected chi connectivity index (χ1v) is 15.1. The molecule has 2 aromatic carbocycles. The Morgan fingerprint density at radius 3 is 2.18 bits per heavy atom. The standard InChI is InChI=1S/C34H35N5O5/c1-42-25-10-6-23(7-11-25)19-37(30-14-17-35-22-36-30)28-18-27(29-21-44-29)31-33(41)38(20-24-8-12-26(43-2)13-9-24)34(39(31)32(28)40)15-4-3-5-16-34/h6-14,17-18,22,29H,3-5,15-16,19-21H2,1-2H3. The fraction of sp³-hybridized carbons (Fsp3) is 0.353. The number of amides is 1. The van der Waals surface area contributed by atoms with Crippen molar-refractivity contribution in [2.75, 3.05) is 25.7 Å². The summed E-state index contributed by atoms with van der Waals surface area (Å²) in [5, 5.41) is 0. The smallest absolute Gasteiger partial charge is 0.277 e. The Kier molecular flexibility index (Phi) is 7.29. The lowest BCUT2D eigenvalue weighted by atomic mass is 9.87. The number of aromatic nitrogens is 3. The Balaban J connectivity index is 1.39. The van der Waals surface area contributed by atoms with Crippen molar-refractivity contribution in [3.63, 3.8) is 0 Å². The van der Waals surface area contributed by atoms with Gasteiger partial charge in [-0.1, -0.05) is 30.7 Å². The van der Waals surface area contributed by atoms with Crippen LogP contribution < -0.4 is 19.9 Å². The van der Waals surface area contributed by atoms with Crippen molar-refractivity contribution in [1.82, 2.24) is 19.4 Å². The predicted molar refractivity (Wildman–Crippen MR) is 164 cm³/mol. The Morgan fingerprint density at radius 1 is 0.932 bits per heavy atom. The van der Waals surface area contributed by atoms with Crippen molar-refractivity contribution in [3.05, 3.63) is 106 Å². The second-order valence-corrected chi connectivity index (χ2v) is 11.6. The van der Waals surface area contributed by atoms with Crippen LogP contribution in [0.5, 0.6) is 11.5 Å². The highest BCUT2D eigenvalue weighted by Crippen LogP contribution is 2.47. The summed E-state index contributed by atoms with van der Waals surface area (Å²) in [5.41, 5.74) is 2.64. The average Bonchev–Trinajstić information content (AvgIpc) is 3.90. The summed E-state index contributed by atoms with van der Waals surface area (Å²) in [6.07, 6.45) is 7.26. The summed E-state index contributed by atoms with van der Waals surface area (Å²) < 4.78 is 18.3. The molecule has 0 radical (unpaired) electrons. The normalized spacial score (nSPS) is 18.3. The second kappa shape index (κ2) is 11.4. The number of ether oxygens (including phenoxy) is 3. The van der Waals surface area contributed by atoms with E-state index in [1.165, 1.54) is 6.33 Å². The van der Waals surface area contributed by atoms with Crippen LogP contribution >= 0.6 is 0 Å². The minimum atomic E-state index is -0.765. The molecule has 0 N–H and O–H groups in total. The van der Waals surface area contributed by atoms with Crippen LogP contribution in [0.25, 0.3) is 0 Å². The van der Waals surface area contributed by atoms with Gasteiger partial charge in [0, 0.05) is 24.8 Å². The van der Waals surface area contributed by atoms with Gasteiger partial charge in [-0.2, -0.15) is 0 Å². The molecule has 1 amide bonds. The van der Waals surface area contributed by atoms with E-state index < -0.39 is 5.66 Å². The van der Waals surface area contributed by atoms with Gasteiger partial charge in [0.15, 0.2) is 0 Å². The van der Waals surface area contributed by atoms with E-state index >= 15 is 0 Å². The zero-order valence-electron chi connectivity index (χ0n) is 24.9. The molecule has 4 aromatic rings. The van der Waals surface area contributed by atoms with Crippen LogP contribution in [0.15, 0.2) is 78.0 Å². The van der Waals surface area contributed by atoms with Gasteiger partial charge < -0.3 is 24.0 Å². The molecule has 1 atom stereocenters. The zero-order valence-corrected chi connectivity index (χ0v) is 24.9. The maximum Gasteiger partial charge on any atom is 0.277 e. The number of anilines is 2. The largest absolute Gasteiger partial charge is 0.497 e. The van der Waals surface area contributed by atoms with Crippen LogP contribution in [-0.2, 0) is 23.5 Å². The Morgan fingerprint density at radius 2 is 1.59 bits per heavy atom. The highest BCUT2D eigenvalue weighted by atomic mass is 16.6. The number of epoxide rings is 1. The van der Waals surface area contributed by atoms with Gasteiger partial charge in [0.25, 0.3) is 11.5 Å². The first-order chi connectivity index (χ1) is 21.5. The quantitative estimate of drug-likeness (QED) is 0.240. The van der Waals surface area contributed by atoms with Crippen molar-refractivity contribution in [2.24, 2.45) is 0 Å². The maximum absolute atomic E-state index is 14.9. The van der Waals surface area contributed by atoms with Crippen molar-refractivity contribution in [2.45, 2.75) is 57.0 Å². The molecular formula is C34H35N5O5. The van der Waals surface area contributed by atoms with E-state index in [0.717, 1.165) is 47.5 Å². The zero-order chi connectivity index (χ0) is 30.3. The molecule has 7 rings (SSSR count). The van der Waals surface area contributed by atoms with Crippen molar-refractivity contribution < 1.29 is 19.0 Å². The number of hydrogen-bond acceptors (Lipinski definition) is 8. The summed E-state index contributed by atoms with van der Waals surface area (Å²) in [5.74, 6) is 1.98. The first-order valence-electron chi connectivity index (χ1n) is 15.1. The van der Waals surface area contributed by atoms with Crippen LogP contribution in [0, 0.1) is 0 Å². The second-order valence-electron chi connectivity index (χ2n) is 11.6. The van der Waals surface area contributed by atoms with Crippen molar-refractivity contribution in [1.29, 1.82) is 0 Å². The summed E-state index contributed by atoms with van der Waals surface area (Å²) >= 11 is 0. The summed E-state index contributed by atoms with van der Waals surface area (Å²) in [7, 11) is 3.27. The van der Waals surface area contributed by atoms with Gasteiger partial charge in [0.2, 0.25) is 0 Å².